The summed E-state index contributed by atoms with van der Waals surface area (Å²) in [5, 5.41) is 20.5. The number of nitrogens with one attached hydrogen (secondary N) is 1. The summed E-state index contributed by atoms with van der Waals surface area (Å²) in [5.74, 6) is -2.88. The third-order valence-corrected chi connectivity index (χ3v) is 8.49. The molecule has 0 radical (unpaired) electrons. The molecule has 0 saturated heterocycles. The van der Waals surface area contributed by atoms with E-state index in [1.165, 1.54) is 12.1 Å². The van der Waals surface area contributed by atoms with Gasteiger partial charge in [0.2, 0.25) is 0 Å². The number of carbonyl (C=O) groups is 1. The van der Waals surface area contributed by atoms with Crippen molar-refractivity contribution in [3.8, 4) is 23.0 Å². The number of ether oxygens (including phenoxy) is 2. The Kier molecular flexibility index (Phi) is 6.00. The zero-order valence-corrected chi connectivity index (χ0v) is 22.3. The molecule has 0 amide bonds. The smallest absolute Gasteiger partial charge is 0.427 e. The van der Waals surface area contributed by atoms with E-state index in [1.54, 1.807) is 0 Å². The molecule has 0 unspecified atom stereocenters. The highest BCUT2D eigenvalue weighted by atomic mass is 35.5. The maximum absolute atomic E-state index is 13.2. The van der Waals surface area contributed by atoms with Crippen LogP contribution in [0.1, 0.15) is 27.0 Å². The van der Waals surface area contributed by atoms with E-state index in [-0.39, 0.29) is 49.5 Å². The minimum absolute atomic E-state index is 0.0639. The first-order valence-electron chi connectivity index (χ1n) is 9.40. The van der Waals surface area contributed by atoms with Crippen LogP contribution in [0.15, 0.2) is 18.2 Å². The largest absolute Gasteiger partial charge is 0.505 e. The fourth-order valence-electron chi connectivity index (χ4n) is 4.18. The minimum atomic E-state index is -4.72. The van der Waals surface area contributed by atoms with Crippen molar-refractivity contribution in [2.45, 2.75) is 5.60 Å². The Morgan fingerprint density at radius 2 is 1.31 bits per heavy atom. The van der Waals surface area contributed by atoms with Gasteiger partial charge >= 0.3 is 13.7 Å². The van der Waals surface area contributed by atoms with E-state index >= 15 is 0 Å². The number of halogens is 6. The maximum Gasteiger partial charge on any atom is 0.427 e. The predicted molar refractivity (Wildman–Crippen MR) is 134 cm³/mol. The summed E-state index contributed by atoms with van der Waals surface area (Å²) in [6.45, 7) is 0. The number of phenols is 2. The summed E-state index contributed by atoms with van der Waals surface area (Å²) in [6, 6.07) is 3.70. The van der Waals surface area contributed by atoms with Gasteiger partial charge in [0.25, 0.3) is 0 Å². The predicted octanol–water partition coefficient (Wildman–Crippen LogP) is 7.09. The highest BCUT2D eigenvalue weighted by molar-refractivity contribution is 7.53. The van der Waals surface area contributed by atoms with E-state index < -0.39 is 50.9 Å². The molecule has 2 aliphatic rings. The Labute approximate surface area is 231 Å². The first-order valence-corrected chi connectivity index (χ1v) is 13.3. The van der Waals surface area contributed by atoms with Crippen LogP contribution in [0.25, 0.3) is 0 Å². The van der Waals surface area contributed by atoms with Crippen molar-refractivity contribution in [3.63, 3.8) is 0 Å². The molecular weight excluding hydrogens is 626 g/mol. The molecule has 36 heavy (non-hydrogen) atoms. The monoisotopic (exact) mass is 631 g/mol. The minimum Gasteiger partial charge on any atom is -0.505 e. The molecule has 188 valence electrons. The van der Waals surface area contributed by atoms with Crippen LogP contribution in [0.4, 0.5) is 5.69 Å². The molecule has 5 N–H and O–H groups in total. The van der Waals surface area contributed by atoms with Gasteiger partial charge in [0, 0.05) is 11.3 Å². The Morgan fingerprint density at radius 3 is 1.78 bits per heavy atom. The van der Waals surface area contributed by atoms with E-state index in [1.807, 2.05) is 5.09 Å². The first kappa shape index (κ1) is 25.9. The van der Waals surface area contributed by atoms with Gasteiger partial charge in [-0.05, 0) is 12.1 Å². The van der Waals surface area contributed by atoms with Crippen LogP contribution in [-0.2, 0) is 14.9 Å². The molecule has 2 aliphatic heterocycles. The van der Waals surface area contributed by atoms with Crippen LogP contribution in [0.5, 0.6) is 23.0 Å². The number of rotatable bonds is 2. The number of carbonyl (C=O) groups excluding carboxylic acids is 1. The molecule has 0 fully saturated rings. The summed E-state index contributed by atoms with van der Waals surface area (Å²) >= 11 is 38.1. The van der Waals surface area contributed by atoms with Crippen molar-refractivity contribution in [3.05, 3.63) is 70.6 Å². The van der Waals surface area contributed by atoms with Gasteiger partial charge in [-0.3, -0.25) is 5.09 Å². The zero-order valence-electron chi connectivity index (χ0n) is 16.9. The van der Waals surface area contributed by atoms with E-state index in [4.69, 9.17) is 79.1 Å². The van der Waals surface area contributed by atoms with Crippen molar-refractivity contribution >= 4 is 89.0 Å². The molecule has 0 aromatic heterocycles. The number of aromatic hydroxyl groups is 2. The molecule has 0 aliphatic carbocycles. The van der Waals surface area contributed by atoms with Crippen molar-refractivity contribution < 1.29 is 38.8 Å². The van der Waals surface area contributed by atoms with Crippen LogP contribution in [0.3, 0.4) is 0 Å². The Balaban J connectivity index is 1.96. The molecule has 16 heteroatoms. The quantitative estimate of drug-likeness (QED) is 0.113. The number of esters is 1. The average molecular weight is 634 g/mol. The molecule has 3 aromatic rings. The third kappa shape index (κ3) is 3.46. The van der Waals surface area contributed by atoms with Gasteiger partial charge in [-0.15, -0.1) is 0 Å². The van der Waals surface area contributed by atoms with Gasteiger partial charge in [-0.25, -0.2) is 9.36 Å². The van der Waals surface area contributed by atoms with Gasteiger partial charge in [0.15, 0.2) is 28.6 Å². The SMILES string of the molecule is O=C1OC2(c3ccc(NP(=O)(O)O)cc31)c1c(Cl)c(Cl)c(O)c(Cl)c1Oc1c(Cl)c(O)c(Cl)c(Cl)c12. The number of fused-ring (bicyclic) bond motifs is 6. The van der Waals surface area contributed by atoms with Crippen molar-refractivity contribution in [1.82, 2.24) is 0 Å². The van der Waals surface area contributed by atoms with E-state index in [0.717, 1.165) is 6.07 Å². The summed E-state index contributed by atoms with van der Waals surface area (Å²) in [5.41, 5.74) is -2.57. The van der Waals surface area contributed by atoms with Gasteiger partial charge in [-0.1, -0.05) is 75.7 Å². The molecule has 2 heterocycles. The van der Waals surface area contributed by atoms with Crippen LogP contribution < -0.4 is 9.82 Å². The molecule has 0 bridgehead atoms. The first-order chi connectivity index (χ1) is 16.7. The Hall–Kier alpha value is -1.78. The molecule has 9 nitrogen and oxygen atoms in total. The lowest BCUT2D eigenvalue weighted by Gasteiger charge is -2.39. The fraction of sp³-hybridized carbons (Fsp3) is 0.0500. The summed E-state index contributed by atoms with van der Waals surface area (Å²) < 4.78 is 23.1. The van der Waals surface area contributed by atoms with Crippen LogP contribution in [-0.4, -0.2) is 26.0 Å². The lowest BCUT2D eigenvalue weighted by atomic mass is 9.77. The Bertz CT molecular complexity index is 1520. The van der Waals surface area contributed by atoms with Crippen LogP contribution >= 0.6 is 77.4 Å². The van der Waals surface area contributed by atoms with Gasteiger partial charge in [-0.2, -0.15) is 0 Å². The highest BCUT2D eigenvalue weighted by Crippen LogP contribution is 2.66. The van der Waals surface area contributed by atoms with Crippen molar-refractivity contribution in [2.24, 2.45) is 0 Å². The van der Waals surface area contributed by atoms with E-state index in [9.17, 15) is 29.4 Å². The average Bonchev–Trinajstić information content (AvgIpc) is 3.08. The lowest BCUT2D eigenvalue weighted by molar-refractivity contribution is 0.0225. The second-order valence-corrected chi connectivity index (χ2v) is 11.2. The van der Waals surface area contributed by atoms with Gasteiger partial charge < -0.3 is 29.5 Å². The van der Waals surface area contributed by atoms with Crippen molar-refractivity contribution in [1.29, 1.82) is 0 Å². The summed E-state index contributed by atoms with van der Waals surface area (Å²) in [7, 11) is -4.72. The third-order valence-electron chi connectivity index (χ3n) is 5.56. The number of anilines is 1. The normalized spacial score (nSPS) is 15.2. The molecule has 0 atom stereocenters. The van der Waals surface area contributed by atoms with Gasteiger partial charge in [0.05, 0.1) is 26.7 Å². The number of hydrogen-bond donors (Lipinski definition) is 5. The molecular formula is C20H8Cl6NO8P. The Morgan fingerprint density at radius 1 is 0.806 bits per heavy atom. The summed E-state index contributed by atoms with van der Waals surface area (Å²) in [4.78, 5) is 31.7. The highest BCUT2D eigenvalue weighted by Gasteiger charge is 2.58. The van der Waals surface area contributed by atoms with E-state index in [0.29, 0.717) is 0 Å². The molecule has 3 aromatic carbocycles. The maximum atomic E-state index is 13.2. The number of benzene rings is 3. The summed E-state index contributed by atoms with van der Waals surface area (Å²) in [6.07, 6.45) is 0. The number of phenolic OH excluding ortho intramolecular Hbond substituents is 2. The fourth-order valence-corrected chi connectivity index (χ4v) is 6.20. The molecule has 1 spiro atoms. The van der Waals surface area contributed by atoms with E-state index in [2.05, 4.69) is 0 Å². The van der Waals surface area contributed by atoms with Gasteiger partial charge in [0.1, 0.15) is 20.1 Å². The van der Waals surface area contributed by atoms with Crippen LogP contribution in [0.2, 0.25) is 30.1 Å². The second kappa shape index (κ2) is 8.36. The van der Waals surface area contributed by atoms with Crippen LogP contribution in [0, 0.1) is 0 Å². The molecule has 0 saturated carbocycles. The zero-order chi connectivity index (χ0) is 26.5. The lowest BCUT2D eigenvalue weighted by Crippen LogP contribution is -2.34. The standard InChI is InChI=1S/C20H8Cl6NO8P/c21-9-7-17(13(25)15(28)11(9)23)34-18-8(10(22)12(24)16(29)14(18)26)20(7)6-2-1-4(27-36(31,32)33)3-5(6)19(30)35-20/h1-3,28-29H,(H3,27,31,32,33). The second-order valence-electron chi connectivity index (χ2n) is 7.58. The molecule has 5 rings (SSSR count). The number of hydrogen-bond acceptors (Lipinski definition) is 6. The topological polar surface area (TPSA) is 146 Å². The van der Waals surface area contributed by atoms with Crippen molar-refractivity contribution in [2.75, 3.05) is 5.09 Å².